The van der Waals surface area contributed by atoms with Crippen LogP contribution in [0.5, 0.6) is 11.5 Å². The quantitative estimate of drug-likeness (QED) is 0.842. The molecule has 0 aliphatic carbocycles. The number of rotatable bonds is 5. The molecular weight excluding hydrogens is 279 g/mol. The Morgan fingerprint density at radius 2 is 2.00 bits per heavy atom. The van der Waals surface area contributed by atoms with Crippen LogP contribution in [-0.4, -0.2) is 26.6 Å². The Balaban J connectivity index is 2.95. The average Bonchev–Trinajstić information content (AvgIpc) is 2.36. The van der Waals surface area contributed by atoms with E-state index in [2.05, 4.69) is 9.47 Å². The van der Waals surface area contributed by atoms with Gasteiger partial charge in [-0.3, -0.25) is 4.79 Å². The van der Waals surface area contributed by atoms with Crippen molar-refractivity contribution in [2.24, 2.45) is 5.73 Å². The van der Waals surface area contributed by atoms with Gasteiger partial charge in [0, 0.05) is 17.7 Å². The van der Waals surface area contributed by atoms with Gasteiger partial charge in [-0.2, -0.15) is 0 Å². The van der Waals surface area contributed by atoms with E-state index >= 15 is 0 Å². The highest BCUT2D eigenvalue weighted by Gasteiger charge is 2.31. The number of ether oxygens (including phenoxy) is 3. The summed E-state index contributed by atoms with van der Waals surface area (Å²) in [6.07, 6.45) is -4.91. The van der Waals surface area contributed by atoms with Crippen LogP contribution in [0.25, 0.3) is 0 Å². The number of halogens is 3. The fourth-order valence-corrected chi connectivity index (χ4v) is 1.57. The van der Waals surface area contributed by atoms with Crippen LogP contribution < -0.4 is 15.2 Å². The predicted molar refractivity (Wildman–Crippen MR) is 63.2 cm³/mol. The maximum atomic E-state index is 12.1. The van der Waals surface area contributed by atoms with Crippen LogP contribution in [-0.2, 0) is 9.53 Å². The van der Waals surface area contributed by atoms with Gasteiger partial charge in [-0.05, 0) is 6.07 Å². The largest absolute Gasteiger partial charge is 0.573 e. The second kappa shape index (κ2) is 6.47. The average molecular weight is 293 g/mol. The number of benzene rings is 1. The summed E-state index contributed by atoms with van der Waals surface area (Å²) < 4.78 is 49.5. The van der Waals surface area contributed by atoms with E-state index in [0.717, 1.165) is 12.1 Å². The van der Waals surface area contributed by atoms with Gasteiger partial charge in [0.1, 0.15) is 11.5 Å². The van der Waals surface area contributed by atoms with E-state index < -0.39 is 24.1 Å². The van der Waals surface area contributed by atoms with Gasteiger partial charge in [-0.1, -0.05) is 6.07 Å². The molecular formula is C12H14F3NO4. The lowest BCUT2D eigenvalue weighted by Gasteiger charge is -2.16. The predicted octanol–water partition coefficient (Wildman–Crippen LogP) is 2.16. The molecule has 0 amide bonds. The number of hydrogen-bond donors (Lipinski definition) is 1. The van der Waals surface area contributed by atoms with Crippen LogP contribution >= 0.6 is 0 Å². The van der Waals surface area contributed by atoms with Gasteiger partial charge in [0.25, 0.3) is 0 Å². The zero-order valence-corrected chi connectivity index (χ0v) is 10.9. The number of methoxy groups -OCH3 is 2. The number of carbonyl (C=O) groups is 1. The fraction of sp³-hybridized carbons (Fsp3) is 0.417. The molecule has 0 unspecified atom stereocenters. The third-order valence-electron chi connectivity index (χ3n) is 2.45. The molecule has 1 rings (SSSR count). The van der Waals surface area contributed by atoms with Crippen LogP contribution in [0.15, 0.2) is 18.2 Å². The van der Waals surface area contributed by atoms with E-state index in [0.29, 0.717) is 5.56 Å². The lowest BCUT2D eigenvalue weighted by atomic mass is 10.0. The highest BCUT2D eigenvalue weighted by molar-refractivity contribution is 5.70. The second-order valence-corrected chi connectivity index (χ2v) is 3.84. The highest BCUT2D eigenvalue weighted by Crippen LogP contribution is 2.32. The fourth-order valence-electron chi connectivity index (χ4n) is 1.57. The first-order valence-corrected chi connectivity index (χ1v) is 5.53. The summed E-state index contributed by atoms with van der Waals surface area (Å²) in [4.78, 5) is 11.1. The molecule has 20 heavy (non-hydrogen) atoms. The molecule has 0 aliphatic heterocycles. The van der Waals surface area contributed by atoms with Crippen molar-refractivity contribution < 1.29 is 32.2 Å². The molecule has 2 N–H and O–H groups in total. The first kappa shape index (κ1) is 16.1. The van der Waals surface area contributed by atoms with Crippen LogP contribution in [0.1, 0.15) is 18.0 Å². The summed E-state index contributed by atoms with van der Waals surface area (Å²) in [6.45, 7) is 0. The van der Waals surface area contributed by atoms with Gasteiger partial charge >= 0.3 is 12.3 Å². The Morgan fingerprint density at radius 1 is 1.35 bits per heavy atom. The molecule has 112 valence electrons. The summed E-state index contributed by atoms with van der Waals surface area (Å²) in [5.74, 6) is -0.860. The van der Waals surface area contributed by atoms with E-state index in [1.807, 2.05) is 0 Å². The first-order valence-electron chi connectivity index (χ1n) is 5.53. The molecule has 1 aromatic carbocycles. The number of esters is 1. The van der Waals surface area contributed by atoms with E-state index in [1.165, 1.54) is 20.3 Å². The lowest BCUT2D eigenvalue weighted by Crippen LogP contribution is -2.19. The highest BCUT2D eigenvalue weighted by atomic mass is 19.4. The van der Waals surface area contributed by atoms with Crippen molar-refractivity contribution in [1.29, 1.82) is 0 Å². The molecule has 0 saturated heterocycles. The topological polar surface area (TPSA) is 70.8 Å². The molecule has 0 spiro atoms. The third-order valence-corrected chi connectivity index (χ3v) is 2.45. The number of carbonyl (C=O) groups excluding carboxylic acids is 1. The molecule has 0 heterocycles. The monoisotopic (exact) mass is 293 g/mol. The minimum absolute atomic E-state index is 0.100. The molecule has 1 atom stereocenters. The normalized spacial score (nSPS) is 12.7. The number of hydrogen-bond acceptors (Lipinski definition) is 5. The van der Waals surface area contributed by atoms with Gasteiger partial charge in [0.2, 0.25) is 0 Å². The van der Waals surface area contributed by atoms with Gasteiger partial charge in [-0.15, -0.1) is 13.2 Å². The zero-order valence-electron chi connectivity index (χ0n) is 10.9. The molecule has 1 aromatic rings. The Kier molecular flexibility index (Phi) is 5.20. The zero-order chi connectivity index (χ0) is 15.3. The number of nitrogens with two attached hydrogens (primary N) is 1. The van der Waals surface area contributed by atoms with Crippen molar-refractivity contribution in [3.63, 3.8) is 0 Å². The first-order chi connectivity index (χ1) is 9.26. The van der Waals surface area contributed by atoms with Crippen molar-refractivity contribution in [3.8, 4) is 11.5 Å². The van der Waals surface area contributed by atoms with Gasteiger partial charge in [-0.25, -0.2) is 0 Å². The molecule has 5 nitrogen and oxygen atoms in total. The van der Waals surface area contributed by atoms with Crippen LogP contribution in [0.4, 0.5) is 13.2 Å². The molecule has 0 saturated carbocycles. The Hall–Kier alpha value is -1.96. The summed E-state index contributed by atoms with van der Waals surface area (Å²) >= 11 is 0. The van der Waals surface area contributed by atoms with Crippen LogP contribution in [0, 0.1) is 0 Å². The van der Waals surface area contributed by atoms with E-state index in [1.54, 1.807) is 0 Å². The minimum atomic E-state index is -4.79. The maximum Gasteiger partial charge on any atom is 0.573 e. The molecule has 0 radical (unpaired) electrons. The van der Waals surface area contributed by atoms with E-state index in [4.69, 9.17) is 10.5 Å². The van der Waals surface area contributed by atoms with Gasteiger partial charge in [0.05, 0.1) is 20.6 Å². The molecule has 0 bridgehead atoms. The van der Waals surface area contributed by atoms with Crippen molar-refractivity contribution in [1.82, 2.24) is 0 Å². The lowest BCUT2D eigenvalue weighted by molar-refractivity contribution is -0.274. The molecule has 0 aromatic heterocycles. The van der Waals surface area contributed by atoms with E-state index in [-0.39, 0.29) is 12.2 Å². The Morgan fingerprint density at radius 3 is 2.50 bits per heavy atom. The summed E-state index contributed by atoms with van der Waals surface area (Å²) in [5, 5.41) is 0. The SMILES string of the molecule is COC(=O)C[C@H](N)c1ccc(OC(F)(F)F)cc1OC. The summed E-state index contributed by atoms with van der Waals surface area (Å²) in [6, 6.07) is 2.72. The van der Waals surface area contributed by atoms with Crippen molar-refractivity contribution in [3.05, 3.63) is 23.8 Å². The van der Waals surface area contributed by atoms with Crippen molar-refractivity contribution in [2.45, 2.75) is 18.8 Å². The van der Waals surface area contributed by atoms with Crippen molar-refractivity contribution >= 4 is 5.97 Å². The summed E-state index contributed by atoms with van der Waals surface area (Å²) in [5.41, 5.74) is 6.16. The molecule has 0 fully saturated rings. The van der Waals surface area contributed by atoms with Gasteiger partial charge in [0.15, 0.2) is 0 Å². The van der Waals surface area contributed by atoms with Crippen LogP contribution in [0.2, 0.25) is 0 Å². The van der Waals surface area contributed by atoms with Gasteiger partial charge < -0.3 is 19.9 Å². The molecule has 0 aliphatic rings. The van der Waals surface area contributed by atoms with E-state index in [9.17, 15) is 18.0 Å². The summed E-state index contributed by atoms with van der Waals surface area (Å²) in [7, 11) is 2.49. The minimum Gasteiger partial charge on any atom is -0.496 e. The standard InChI is InChI=1S/C12H14F3NO4/c1-18-10-5-7(20-12(13,14)15)3-4-8(10)9(16)6-11(17)19-2/h3-5,9H,6,16H2,1-2H3/t9-/m0/s1. The number of alkyl halides is 3. The smallest absolute Gasteiger partial charge is 0.496 e. The Labute approximate surface area is 113 Å². The third kappa shape index (κ3) is 4.61. The van der Waals surface area contributed by atoms with Crippen LogP contribution in [0.3, 0.4) is 0 Å². The molecule has 8 heteroatoms. The maximum absolute atomic E-state index is 12.1. The van der Waals surface area contributed by atoms with Crippen molar-refractivity contribution in [2.75, 3.05) is 14.2 Å². The second-order valence-electron chi connectivity index (χ2n) is 3.84. The Bertz CT molecular complexity index is 476.